The van der Waals surface area contributed by atoms with Crippen LogP contribution in [0.25, 0.3) is 10.9 Å². The van der Waals surface area contributed by atoms with Crippen LogP contribution in [0.3, 0.4) is 0 Å². The smallest absolute Gasteiger partial charge is 0.250 e. The van der Waals surface area contributed by atoms with E-state index >= 15 is 0 Å². The van der Waals surface area contributed by atoms with E-state index in [2.05, 4.69) is 25.6 Å². The number of nitrogens with two attached hydrogens (primary N) is 1. The van der Waals surface area contributed by atoms with Gasteiger partial charge in [-0.2, -0.15) is 0 Å². The first-order valence-electron chi connectivity index (χ1n) is 4.15. The Kier molecular flexibility index (Phi) is 1.34. The number of rotatable bonds is 1. The Balaban J connectivity index is 2.50. The number of amides is 1. The molecule has 72 valence electrons. The molecule has 2 heterocycles. The van der Waals surface area contributed by atoms with Crippen LogP contribution in [0.4, 0.5) is 11.5 Å². The number of carbonyl (C=O) groups is 1. The summed E-state index contributed by atoms with van der Waals surface area (Å²) in [5.41, 5.74) is 6.56. The predicted octanol–water partition coefficient (Wildman–Crippen LogP) is 0.852. The summed E-state index contributed by atoms with van der Waals surface area (Å²) in [5, 5.41) is 19.3. The number of azo groups is 1. The fourth-order valence-corrected chi connectivity index (χ4v) is 1.52. The van der Waals surface area contributed by atoms with Crippen LogP contribution < -0.4 is 5.73 Å². The van der Waals surface area contributed by atoms with Crippen molar-refractivity contribution in [3.8, 4) is 0 Å². The molecule has 3 rings (SSSR count). The lowest BCUT2D eigenvalue weighted by Crippen LogP contribution is -2.10. The van der Waals surface area contributed by atoms with Crippen molar-refractivity contribution in [3.63, 3.8) is 0 Å². The van der Waals surface area contributed by atoms with Crippen LogP contribution in [0, 0.1) is 0 Å². The summed E-state index contributed by atoms with van der Waals surface area (Å²) in [4.78, 5) is 11.1. The molecule has 1 aliphatic heterocycles. The first kappa shape index (κ1) is 7.92. The molecule has 1 aliphatic rings. The van der Waals surface area contributed by atoms with Crippen molar-refractivity contribution in [1.82, 2.24) is 15.4 Å². The molecule has 1 amide bonds. The van der Waals surface area contributed by atoms with E-state index in [-0.39, 0.29) is 0 Å². The van der Waals surface area contributed by atoms with E-state index < -0.39 is 5.91 Å². The van der Waals surface area contributed by atoms with Gasteiger partial charge in [0.2, 0.25) is 5.82 Å². The Bertz CT molecular complexity index is 620. The van der Waals surface area contributed by atoms with Gasteiger partial charge in [0.25, 0.3) is 5.91 Å². The van der Waals surface area contributed by atoms with Gasteiger partial charge in [0.15, 0.2) is 0 Å². The molecule has 0 unspecified atom stereocenters. The van der Waals surface area contributed by atoms with Crippen LogP contribution in [0.5, 0.6) is 0 Å². The zero-order valence-corrected chi connectivity index (χ0v) is 7.38. The van der Waals surface area contributed by atoms with Crippen molar-refractivity contribution in [2.24, 2.45) is 16.0 Å². The number of hydrogen-bond acceptors (Lipinski definition) is 6. The molecule has 0 radical (unpaired) electrons. The highest BCUT2D eigenvalue weighted by Gasteiger charge is 2.20. The van der Waals surface area contributed by atoms with Gasteiger partial charge in [-0.3, -0.25) is 4.79 Å². The Morgan fingerprint density at radius 3 is 2.87 bits per heavy atom. The van der Waals surface area contributed by atoms with Gasteiger partial charge in [0.1, 0.15) is 11.2 Å². The molecule has 1 aromatic heterocycles. The van der Waals surface area contributed by atoms with Crippen molar-refractivity contribution in [2.45, 2.75) is 0 Å². The highest BCUT2D eigenvalue weighted by atomic mass is 16.1. The maximum Gasteiger partial charge on any atom is 0.250 e. The highest BCUT2D eigenvalue weighted by Crippen LogP contribution is 2.39. The molecule has 0 aliphatic carbocycles. The van der Waals surface area contributed by atoms with E-state index in [9.17, 15) is 4.79 Å². The van der Waals surface area contributed by atoms with Gasteiger partial charge in [0, 0.05) is 0 Å². The van der Waals surface area contributed by atoms with Crippen molar-refractivity contribution in [2.75, 3.05) is 0 Å². The van der Waals surface area contributed by atoms with Gasteiger partial charge in [-0.1, -0.05) is 0 Å². The van der Waals surface area contributed by atoms with Crippen molar-refractivity contribution in [3.05, 3.63) is 17.7 Å². The zero-order valence-electron chi connectivity index (χ0n) is 7.38. The summed E-state index contributed by atoms with van der Waals surface area (Å²) in [7, 11) is 0. The van der Waals surface area contributed by atoms with Gasteiger partial charge in [-0.05, 0) is 17.3 Å². The van der Waals surface area contributed by atoms with Crippen LogP contribution in [0.2, 0.25) is 0 Å². The molecular weight excluding hydrogens is 196 g/mol. The third-order valence-electron chi connectivity index (χ3n) is 2.18. The largest absolute Gasteiger partial charge is 0.366 e. The second-order valence-corrected chi connectivity index (χ2v) is 3.03. The quantitative estimate of drug-likeness (QED) is 0.628. The lowest BCUT2D eigenvalue weighted by molar-refractivity contribution is 0.100. The number of primary amides is 1. The van der Waals surface area contributed by atoms with Crippen LogP contribution in [-0.2, 0) is 0 Å². The Labute approximate surface area is 83.0 Å². The van der Waals surface area contributed by atoms with Crippen molar-refractivity contribution >= 4 is 28.3 Å². The third kappa shape index (κ3) is 0.938. The van der Waals surface area contributed by atoms with Gasteiger partial charge in [-0.15, -0.1) is 20.4 Å². The zero-order chi connectivity index (χ0) is 10.4. The number of carbonyl (C=O) groups excluding carboxylic acids is 1. The Morgan fingerprint density at radius 2 is 2.07 bits per heavy atom. The van der Waals surface area contributed by atoms with Crippen molar-refractivity contribution < 1.29 is 4.79 Å². The Hall–Kier alpha value is -2.44. The van der Waals surface area contributed by atoms with Crippen LogP contribution in [0.15, 0.2) is 22.4 Å². The molecule has 0 saturated carbocycles. The molecule has 0 fully saturated rings. The minimum atomic E-state index is -0.546. The minimum Gasteiger partial charge on any atom is -0.366 e. The van der Waals surface area contributed by atoms with Gasteiger partial charge in [0.05, 0.1) is 10.9 Å². The molecule has 0 spiro atoms. The summed E-state index contributed by atoms with van der Waals surface area (Å²) in [6.45, 7) is 0. The molecule has 0 atom stereocenters. The number of hydrogen-bond donors (Lipinski definition) is 1. The molecule has 7 nitrogen and oxygen atoms in total. The Morgan fingerprint density at radius 1 is 1.20 bits per heavy atom. The standard InChI is InChI=1S/C8H4N6O/c9-7(15)3-1-2-4-5-6(3)11-12-8(5)13-14-10-4/h1-2H,(H2,9,15). The number of benzene rings is 1. The van der Waals surface area contributed by atoms with Gasteiger partial charge < -0.3 is 5.73 Å². The van der Waals surface area contributed by atoms with Crippen LogP contribution in [-0.4, -0.2) is 21.3 Å². The van der Waals surface area contributed by atoms with E-state index in [0.717, 1.165) is 0 Å². The summed E-state index contributed by atoms with van der Waals surface area (Å²) < 4.78 is 0. The monoisotopic (exact) mass is 200 g/mol. The summed E-state index contributed by atoms with van der Waals surface area (Å²) in [6, 6.07) is 3.20. The summed E-state index contributed by atoms with van der Waals surface area (Å²) in [5.74, 6) is -0.173. The molecule has 7 heteroatoms. The summed E-state index contributed by atoms with van der Waals surface area (Å²) in [6.07, 6.45) is 0. The van der Waals surface area contributed by atoms with Crippen LogP contribution >= 0.6 is 0 Å². The van der Waals surface area contributed by atoms with E-state index in [1.807, 2.05) is 0 Å². The first-order chi connectivity index (χ1) is 7.27. The number of nitrogens with zero attached hydrogens (tertiary/aromatic N) is 5. The molecule has 1 aromatic carbocycles. The highest BCUT2D eigenvalue weighted by molar-refractivity contribution is 6.09. The first-order valence-corrected chi connectivity index (χ1v) is 4.15. The lowest BCUT2D eigenvalue weighted by Gasteiger charge is -2.00. The molecule has 15 heavy (non-hydrogen) atoms. The van der Waals surface area contributed by atoms with Gasteiger partial charge in [-0.25, -0.2) is 0 Å². The van der Waals surface area contributed by atoms with E-state index in [1.165, 1.54) is 0 Å². The fourth-order valence-electron chi connectivity index (χ4n) is 1.52. The topological polar surface area (TPSA) is 106 Å². The van der Waals surface area contributed by atoms with E-state index in [1.54, 1.807) is 12.1 Å². The van der Waals surface area contributed by atoms with Crippen LogP contribution in [0.1, 0.15) is 10.4 Å². The van der Waals surface area contributed by atoms with Gasteiger partial charge >= 0.3 is 0 Å². The fraction of sp³-hybridized carbons (Fsp3) is 0. The second kappa shape index (κ2) is 2.53. The lowest BCUT2D eigenvalue weighted by atomic mass is 10.1. The normalized spacial score (nSPS) is 12.3. The van der Waals surface area contributed by atoms with E-state index in [4.69, 9.17) is 5.73 Å². The molecule has 0 bridgehead atoms. The molecular formula is C8H4N6O. The third-order valence-corrected chi connectivity index (χ3v) is 2.18. The minimum absolute atomic E-state index is 0.319. The average Bonchev–Trinajstić information content (AvgIpc) is 2.65. The predicted molar refractivity (Wildman–Crippen MR) is 50.0 cm³/mol. The summed E-state index contributed by atoms with van der Waals surface area (Å²) >= 11 is 0. The van der Waals surface area contributed by atoms with Crippen molar-refractivity contribution in [1.29, 1.82) is 0 Å². The maximum absolute atomic E-state index is 11.1. The van der Waals surface area contributed by atoms with E-state index in [0.29, 0.717) is 28.0 Å². The maximum atomic E-state index is 11.1. The average molecular weight is 200 g/mol. The molecule has 2 aromatic rings. The SMILES string of the molecule is NC(=O)c1ccc2nnnc3c2c1N=N3. The number of aromatic nitrogens is 3. The molecule has 0 saturated heterocycles. The second-order valence-electron chi connectivity index (χ2n) is 3.03. The molecule has 2 N–H and O–H groups in total.